The number of rotatable bonds is 4. The summed E-state index contributed by atoms with van der Waals surface area (Å²) in [6.07, 6.45) is 0. The van der Waals surface area contributed by atoms with Gasteiger partial charge in [-0.25, -0.2) is 4.98 Å². The minimum Gasteiger partial charge on any atom is -0.333 e. The number of hydrogen-bond donors (Lipinski definition) is 1. The number of H-pyrrole nitrogens is 1. The molecule has 1 heterocycles. The molecule has 0 amide bonds. The first kappa shape index (κ1) is 14.5. The fraction of sp³-hybridized carbons (Fsp3) is 0.235. The van der Waals surface area contributed by atoms with E-state index in [-0.39, 0.29) is 0 Å². The van der Waals surface area contributed by atoms with E-state index in [1.54, 1.807) is 11.8 Å². The van der Waals surface area contributed by atoms with Gasteiger partial charge in [0.1, 0.15) is 0 Å². The molecule has 0 bridgehead atoms. The number of thioether (sulfide) groups is 1. The lowest BCUT2D eigenvalue weighted by Gasteiger charge is -2.06. The summed E-state index contributed by atoms with van der Waals surface area (Å²) in [6.45, 7) is 4.42. The van der Waals surface area contributed by atoms with Crippen molar-refractivity contribution >= 4 is 34.4 Å². The second-order valence-electron chi connectivity index (χ2n) is 5.39. The van der Waals surface area contributed by atoms with Gasteiger partial charge in [0, 0.05) is 10.8 Å². The van der Waals surface area contributed by atoms with Crippen LogP contribution in [0, 0.1) is 0 Å². The number of aromatic nitrogens is 2. The van der Waals surface area contributed by atoms with E-state index in [9.17, 15) is 0 Å². The average Bonchev–Trinajstić information content (AvgIpc) is 2.87. The molecule has 0 fully saturated rings. The first-order valence-electron chi connectivity index (χ1n) is 6.99. The Morgan fingerprint density at radius 1 is 1.14 bits per heavy atom. The van der Waals surface area contributed by atoms with E-state index < -0.39 is 0 Å². The van der Waals surface area contributed by atoms with Crippen molar-refractivity contribution in [2.24, 2.45) is 0 Å². The molecule has 0 spiro atoms. The van der Waals surface area contributed by atoms with Crippen molar-refractivity contribution in [1.82, 2.24) is 9.97 Å². The zero-order valence-corrected chi connectivity index (χ0v) is 13.6. The highest BCUT2D eigenvalue weighted by Gasteiger charge is 2.05. The van der Waals surface area contributed by atoms with Crippen LogP contribution in [-0.4, -0.2) is 9.97 Å². The van der Waals surface area contributed by atoms with Gasteiger partial charge in [0.05, 0.1) is 11.0 Å². The van der Waals surface area contributed by atoms with Crippen molar-refractivity contribution in [3.05, 3.63) is 58.6 Å². The van der Waals surface area contributed by atoms with Gasteiger partial charge in [-0.2, -0.15) is 0 Å². The third-order valence-electron chi connectivity index (χ3n) is 3.45. The van der Waals surface area contributed by atoms with Crippen molar-refractivity contribution in [2.75, 3.05) is 0 Å². The lowest BCUT2D eigenvalue weighted by molar-refractivity contribution is 0.866. The van der Waals surface area contributed by atoms with Gasteiger partial charge in [-0.15, -0.1) is 0 Å². The highest BCUT2D eigenvalue weighted by molar-refractivity contribution is 7.98. The lowest BCUT2D eigenvalue weighted by Crippen LogP contribution is -1.88. The van der Waals surface area contributed by atoms with Crippen LogP contribution in [-0.2, 0) is 5.75 Å². The van der Waals surface area contributed by atoms with Crippen LogP contribution in [0.5, 0.6) is 0 Å². The third-order valence-corrected chi connectivity index (χ3v) is 4.62. The van der Waals surface area contributed by atoms with E-state index in [2.05, 4.69) is 48.1 Å². The Kier molecular flexibility index (Phi) is 4.22. The van der Waals surface area contributed by atoms with Crippen LogP contribution in [0.15, 0.2) is 47.6 Å². The number of fused-ring (bicyclic) bond motifs is 1. The minimum absolute atomic E-state index is 0.576. The van der Waals surface area contributed by atoms with Gasteiger partial charge in [-0.3, -0.25) is 0 Å². The lowest BCUT2D eigenvalue weighted by atomic mass is 10.0. The summed E-state index contributed by atoms with van der Waals surface area (Å²) in [4.78, 5) is 7.87. The molecule has 3 rings (SSSR count). The van der Waals surface area contributed by atoms with E-state index in [1.807, 2.05) is 18.2 Å². The van der Waals surface area contributed by atoms with Gasteiger partial charge < -0.3 is 4.98 Å². The Balaban J connectivity index is 1.71. The van der Waals surface area contributed by atoms with Gasteiger partial charge >= 0.3 is 0 Å². The van der Waals surface area contributed by atoms with Gasteiger partial charge in [0.15, 0.2) is 5.16 Å². The molecule has 108 valence electrons. The molecule has 2 nitrogen and oxygen atoms in total. The monoisotopic (exact) mass is 316 g/mol. The maximum Gasteiger partial charge on any atom is 0.166 e. The van der Waals surface area contributed by atoms with E-state index >= 15 is 0 Å². The molecule has 0 saturated carbocycles. The maximum atomic E-state index is 5.98. The molecule has 0 radical (unpaired) electrons. The second-order valence-corrected chi connectivity index (χ2v) is 6.79. The summed E-state index contributed by atoms with van der Waals surface area (Å²) in [5.41, 5.74) is 4.63. The number of aromatic amines is 1. The summed E-state index contributed by atoms with van der Waals surface area (Å²) >= 11 is 7.69. The van der Waals surface area contributed by atoms with Crippen LogP contribution in [0.4, 0.5) is 0 Å². The van der Waals surface area contributed by atoms with Crippen molar-refractivity contribution in [1.29, 1.82) is 0 Å². The molecule has 21 heavy (non-hydrogen) atoms. The van der Waals surface area contributed by atoms with E-state index in [0.717, 1.165) is 27.0 Å². The SMILES string of the molecule is CC(C)c1ccc(CSc2nc3cc(Cl)ccc3[nH]2)cc1. The van der Waals surface area contributed by atoms with E-state index in [1.165, 1.54) is 11.1 Å². The minimum atomic E-state index is 0.576. The predicted molar refractivity (Wildman–Crippen MR) is 91.2 cm³/mol. The number of nitrogens with zero attached hydrogens (tertiary/aromatic N) is 1. The fourth-order valence-corrected chi connectivity index (χ4v) is 3.18. The van der Waals surface area contributed by atoms with Crippen molar-refractivity contribution < 1.29 is 0 Å². The fourth-order valence-electron chi connectivity index (χ4n) is 2.17. The molecular weight excluding hydrogens is 300 g/mol. The van der Waals surface area contributed by atoms with Crippen molar-refractivity contribution in [3.63, 3.8) is 0 Å². The Morgan fingerprint density at radius 3 is 2.62 bits per heavy atom. The predicted octanol–water partition coefficient (Wildman–Crippen LogP) is 5.63. The zero-order valence-electron chi connectivity index (χ0n) is 12.1. The largest absolute Gasteiger partial charge is 0.333 e. The second kappa shape index (κ2) is 6.12. The third kappa shape index (κ3) is 3.42. The number of nitrogens with one attached hydrogen (secondary N) is 1. The normalized spacial score (nSPS) is 11.4. The van der Waals surface area contributed by atoms with E-state index in [4.69, 9.17) is 11.6 Å². The molecule has 0 unspecified atom stereocenters. The van der Waals surface area contributed by atoms with E-state index in [0.29, 0.717) is 5.92 Å². The quantitative estimate of drug-likeness (QED) is 0.632. The molecule has 0 aliphatic rings. The number of benzene rings is 2. The first-order valence-corrected chi connectivity index (χ1v) is 8.35. The van der Waals surface area contributed by atoms with Crippen LogP contribution < -0.4 is 0 Å². The Labute approximate surface area is 133 Å². The zero-order chi connectivity index (χ0) is 14.8. The van der Waals surface area contributed by atoms with Gasteiger partial charge in [-0.1, -0.05) is 61.5 Å². The molecule has 0 aliphatic carbocycles. The van der Waals surface area contributed by atoms with Gasteiger partial charge in [-0.05, 0) is 35.2 Å². The number of imidazole rings is 1. The van der Waals surface area contributed by atoms with Gasteiger partial charge in [0.2, 0.25) is 0 Å². The molecule has 1 aromatic heterocycles. The topological polar surface area (TPSA) is 28.7 Å². The molecule has 0 aliphatic heterocycles. The molecule has 3 aromatic rings. The number of halogens is 1. The molecular formula is C17H17ClN2S. The molecule has 1 N–H and O–H groups in total. The smallest absolute Gasteiger partial charge is 0.166 e. The maximum absolute atomic E-state index is 5.98. The molecule has 2 aromatic carbocycles. The Morgan fingerprint density at radius 2 is 1.90 bits per heavy atom. The average molecular weight is 317 g/mol. The van der Waals surface area contributed by atoms with Gasteiger partial charge in [0.25, 0.3) is 0 Å². The standard InChI is InChI=1S/C17H17ClN2S/c1-11(2)13-5-3-12(4-6-13)10-21-17-19-15-8-7-14(18)9-16(15)20-17/h3-9,11H,10H2,1-2H3,(H,19,20). The molecule has 0 saturated heterocycles. The summed E-state index contributed by atoms with van der Waals surface area (Å²) in [7, 11) is 0. The summed E-state index contributed by atoms with van der Waals surface area (Å²) in [5, 5.41) is 1.65. The summed E-state index contributed by atoms with van der Waals surface area (Å²) < 4.78 is 0. The summed E-state index contributed by atoms with van der Waals surface area (Å²) in [5.74, 6) is 1.48. The van der Waals surface area contributed by atoms with Crippen molar-refractivity contribution in [2.45, 2.75) is 30.7 Å². The van der Waals surface area contributed by atoms with Crippen LogP contribution in [0.2, 0.25) is 5.02 Å². The summed E-state index contributed by atoms with van der Waals surface area (Å²) in [6, 6.07) is 14.5. The van der Waals surface area contributed by atoms with Crippen LogP contribution in [0.25, 0.3) is 11.0 Å². The number of hydrogen-bond acceptors (Lipinski definition) is 2. The van der Waals surface area contributed by atoms with Crippen LogP contribution in [0.3, 0.4) is 0 Å². The highest BCUT2D eigenvalue weighted by atomic mass is 35.5. The Bertz CT molecular complexity index is 747. The molecule has 4 heteroatoms. The van der Waals surface area contributed by atoms with Crippen LogP contribution >= 0.6 is 23.4 Å². The Hall–Kier alpha value is -1.45. The van der Waals surface area contributed by atoms with Crippen LogP contribution in [0.1, 0.15) is 30.9 Å². The first-order chi connectivity index (χ1) is 10.1. The van der Waals surface area contributed by atoms with Crippen molar-refractivity contribution in [3.8, 4) is 0 Å². The molecule has 0 atom stereocenters. The highest BCUT2D eigenvalue weighted by Crippen LogP contribution is 2.25.